The summed E-state index contributed by atoms with van der Waals surface area (Å²) in [6.45, 7) is 0. The highest BCUT2D eigenvalue weighted by atomic mass is 35.5. The molecule has 2 aromatic carbocycles. The number of alkyl halides is 6. The van der Waals surface area contributed by atoms with E-state index in [2.05, 4.69) is 9.47 Å². The Morgan fingerprint density at radius 1 is 0.679 bits per heavy atom. The van der Waals surface area contributed by atoms with Gasteiger partial charge in [0.1, 0.15) is 11.5 Å². The maximum atomic E-state index is 12.9. The van der Waals surface area contributed by atoms with Gasteiger partial charge in [0.25, 0.3) is 0 Å². The van der Waals surface area contributed by atoms with E-state index in [1.54, 1.807) is 0 Å². The van der Waals surface area contributed by atoms with E-state index in [0.29, 0.717) is 24.3 Å². The van der Waals surface area contributed by atoms with E-state index >= 15 is 0 Å². The van der Waals surface area contributed by atoms with Crippen LogP contribution in [0, 0.1) is 0 Å². The molecule has 0 aliphatic rings. The Morgan fingerprint density at radius 3 is 1.29 bits per heavy atom. The number of esters is 2. The van der Waals surface area contributed by atoms with E-state index in [4.69, 9.17) is 23.2 Å². The van der Waals surface area contributed by atoms with Crippen molar-refractivity contribution in [2.45, 2.75) is 12.4 Å². The van der Waals surface area contributed by atoms with Crippen molar-refractivity contribution in [3.63, 3.8) is 0 Å². The van der Waals surface area contributed by atoms with Gasteiger partial charge in [-0.1, -0.05) is 23.2 Å². The molecular formula is C16H6Cl2F6O4. The molecule has 0 N–H and O–H groups in total. The van der Waals surface area contributed by atoms with Crippen LogP contribution in [0.3, 0.4) is 0 Å². The third kappa shape index (κ3) is 5.29. The van der Waals surface area contributed by atoms with Crippen molar-refractivity contribution in [1.29, 1.82) is 0 Å². The summed E-state index contributed by atoms with van der Waals surface area (Å²) in [7, 11) is 0. The third-order valence-corrected chi connectivity index (χ3v) is 3.54. The Balaban J connectivity index is 2.26. The zero-order valence-corrected chi connectivity index (χ0v) is 14.6. The van der Waals surface area contributed by atoms with Crippen LogP contribution in [0.4, 0.5) is 26.3 Å². The minimum atomic E-state index is -4.98. The van der Waals surface area contributed by atoms with Gasteiger partial charge in [0, 0.05) is 10.0 Å². The smallest absolute Gasteiger partial charge is 0.417 e. The molecule has 0 bridgehead atoms. The van der Waals surface area contributed by atoms with Crippen molar-refractivity contribution in [3.05, 3.63) is 57.6 Å². The first kappa shape index (κ1) is 21.8. The standard InChI is InChI=1S/C16H6Cl2F6O4/c17-7-1-3-11(9(5-7)15(19,20)21)27-13(25)14(26)28-12-4-2-8(18)6-10(12)16(22,23)24/h1-6H. The number of benzene rings is 2. The van der Waals surface area contributed by atoms with E-state index in [0.717, 1.165) is 12.1 Å². The molecule has 0 radical (unpaired) electrons. The van der Waals surface area contributed by atoms with Gasteiger partial charge in [-0.2, -0.15) is 26.3 Å². The second-order valence-electron chi connectivity index (χ2n) is 5.06. The van der Waals surface area contributed by atoms with Gasteiger partial charge < -0.3 is 9.47 Å². The van der Waals surface area contributed by atoms with Crippen molar-refractivity contribution < 1.29 is 45.4 Å². The van der Waals surface area contributed by atoms with Crippen molar-refractivity contribution >= 4 is 35.1 Å². The van der Waals surface area contributed by atoms with Crippen LogP contribution in [0.15, 0.2) is 36.4 Å². The van der Waals surface area contributed by atoms with Gasteiger partial charge in [-0.25, -0.2) is 9.59 Å². The van der Waals surface area contributed by atoms with Crippen LogP contribution >= 0.6 is 23.2 Å². The quantitative estimate of drug-likeness (QED) is 0.263. The lowest BCUT2D eigenvalue weighted by Crippen LogP contribution is -2.27. The molecule has 0 atom stereocenters. The second kappa shape index (κ2) is 7.88. The van der Waals surface area contributed by atoms with E-state index in [9.17, 15) is 35.9 Å². The van der Waals surface area contributed by atoms with E-state index in [1.165, 1.54) is 0 Å². The van der Waals surface area contributed by atoms with Crippen LogP contribution in [-0.2, 0) is 21.9 Å². The summed E-state index contributed by atoms with van der Waals surface area (Å²) >= 11 is 10.9. The van der Waals surface area contributed by atoms with Crippen LogP contribution < -0.4 is 9.47 Å². The number of rotatable bonds is 2. The normalized spacial score (nSPS) is 11.9. The summed E-state index contributed by atoms with van der Waals surface area (Å²) in [5, 5.41) is -0.656. The maximum absolute atomic E-state index is 12.9. The highest BCUT2D eigenvalue weighted by Crippen LogP contribution is 2.39. The first-order valence-electron chi connectivity index (χ1n) is 6.96. The first-order valence-corrected chi connectivity index (χ1v) is 7.72. The molecular weight excluding hydrogens is 441 g/mol. The van der Waals surface area contributed by atoms with Crippen LogP contribution in [0.25, 0.3) is 0 Å². The second-order valence-corrected chi connectivity index (χ2v) is 5.93. The molecule has 150 valence electrons. The fraction of sp³-hybridized carbons (Fsp3) is 0.125. The van der Waals surface area contributed by atoms with Gasteiger partial charge in [0.15, 0.2) is 0 Å². The zero-order valence-electron chi connectivity index (χ0n) is 13.1. The predicted octanol–water partition coefficient (Wildman–Crippen LogP) is 5.54. The van der Waals surface area contributed by atoms with Crippen molar-refractivity contribution in [1.82, 2.24) is 0 Å². The van der Waals surface area contributed by atoms with Gasteiger partial charge in [-0.05, 0) is 36.4 Å². The first-order chi connectivity index (χ1) is 12.8. The summed E-state index contributed by atoms with van der Waals surface area (Å²) in [4.78, 5) is 23.4. The maximum Gasteiger partial charge on any atom is 0.423 e. The van der Waals surface area contributed by atoms with Crippen molar-refractivity contribution in [2.24, 2.45) is 0 Å². The molecule has 2 rings (SSSR count). The fourth-order valence-electron chi connectivity index (χ4n) is 1.91. The largest absolute Gasteiger partial charge is 0.423 e. The molecule has 0 fully saturated rings. The van der Waals surface area contributed by atoms with E-state index < -0.39 is 46.9 Å². The average molecular weight is 447 g/mol. The number of ether oxygens (including phenoxy) is 2. The number of hydrogen-bond donors (Lipinski definition) is 0. The molecule has 0 aromatic heterocycles. The van der Waals surface area contributed by atoms with Crippen LogP contribution in [0.2, 0.25) is 10.0 Å². The Morgan fingerprint density at radius 2 is 1.00 bits per heavy atom. The van der Waals surface area contributed by atoms with E-state index in [1.807, 2.05) is 0 Å². The monoisotopic (exact) mass is 446 g/mol. The van der Waals surface area contributed by atoms with Crippen molar-refractivity contribution in [3.8, 4) is 11.5 Å². The molecule has 0 unspecified atom stereocenters. The van der Waals surface area contributed by atoms with Crippen molar-refractivity contribution in [2.75, 3.05) is 0 Å². The Labute approximate surface area is 162 Å². The van der Waals surface area contributed by atoms with Gasteiger partial charge in [0.05, 0.1) is 11.1 Å². The molecule has 2 aromatic rings. The Hall–Kier alpha value is -2.46. The van der Waals surface area contributed by atoms with Crippen LogP contribution in [-0.4, -0.2) is 11.9 Å². The molecule has 0 amide bonds. The molecule has 12 heteroatoms. The summed E-state index contributed by atoms with van der Waals surface area (Å²) in [6, 6.07) is 4.11. The van der Waals surface area contributed by atoms with Gasteiger partial charge in [-0.3, -0.25) is 0 Å². The molecule has 0 heterocycles. The topological polar surface area (TPSA) is 52.6 Å². The summed E-state index contributed by atoms with van der Waals surface area (Å²) < 4.78 is 86.3. The molecule has 0 aliphatic heterocycles. The van der Waals surface area contributed by atoms with Crippen LogP contribution in [0.5, 0.6) is 11.5 Å². The Bertz CT molecular complexity index is 849. The highest BCUT2D eigenvalue weighted by Gasteiger charge is 2.38. The lowest BCUT2D eigenvalue weighted by Gasteiger charge is -2.14. The van der Waals surface area contributed by atoms with Gasteiger partial charge in [0.2, 0.25) is 0 Å². The molecule has 0 saturated carbocycles. The average Bonchev–Trinajstić information content (AvgIpc) is 2.56. The lowest BCUT2D eigenvalue weighted by molar-refractivity contribution is -0.159. The highest BCUT2D eigenvalue weighted by molar-refractivity contribution is 6.32. The molecule has 28 heavy (non-hydrogen) atoms. The fourth-order valence-corrected chi connectivity index (χ4v) is 2.25. The molecule has 0 saturated heterocycles. The van der Waals surface area contributed by atoms with Gasteiger partial charge in [-0.15, -0.1) is 0 Å². The zero-order chi connectivity index (χ0) is 21.3. The number of carbonyl (C=O) groups excluding carboxylic acids is 2. The SMILES string of the molecule is O=C(Oc1ccc(Cl)cc1C(F)(F)F)C(=O)Oc1ccc(Cl)cc1C(F)(F)F. The molecule has 0 aliphatic carbocycles. The lowest BCUT2D eigenvalue weighted by atomic mass is 10.2. The number of carbonyl (C=O) groups is 2. The van der Waals surface area contributed by atoms with E-state index in [-0.39, 0.29) is 10.0 Å². The third-order valence-electron chi connectivity index (χ3n) is 3.07. The summed E-state index contributed by atoms with van der Waals surface area (Å²) in [5.41, 5.74) is -2.94. The minimum Gasteiger partial charge on any atom is -0.417 e. The predicted molar refractivity (Wildman–Crippen MR) is 84.2 cm³/mol. The van der Waals surface area contributed by atoms with Crippen LogP contribution in [0.1, 0.15) is 11.1 Å². The van der Waals surface area contributed by atoms with Gasteiger partial charge >= 0.3 is 24.3 Å². The summed E-state index contributed by atoms with van der Waals surface area (Å²) in [6.07, 6.45) is -9.96. The number of hydrogen-bond acceptors (Lipinski definition) is 4. The number of halogens is 8. The summed E-state index contributed by atoms with van der Waals surface area (Å²) in [5.74, 6) is -6.11. The minimum absolute atomic E-state index is 0.328. The molecule has 4 nitrogen and oxygen atoms in total. The Kier molecular flexibility index (Phi) is 6.15. The molecule has 0 spiro atoms.